The molecule has 0 amide bonds. The van der Waals surface area contributed by atoms with Gasteiger partial charge in [-0.05, 0) is 68.6 Å². The Morgan fingerprint density at radius 3 is 2.71 bits per heavy atom. The van der Waals surface area contributed by atoms with Crippen molar-refractivity contribution >= 4 is 23.6 Å². The number of carbonyl (C=O) groups excluding carboxylic acids is 1. The van der Waals surface area contributed by atoms with E-state index >= 15 is 0 Å². The minimum atomic E-state index is -0.383. The van der Waals surface area contributed by atoms with Crippen LogP contribution in [0.25, 0.3) is 6.08 Å². The molecule has 2 aliphatic heterocycles. The van der Waals surface area contributed by atoms with Crippen LogP contribution < -0.4 is 9.47 Å². The number of rotatable bonds is 9. The first kappa shape index (κ1) is 28.1. The largest absolute Gasteiger partial charge is 0.485 e. The maximum absolute atomic E-state index is 11.9. The number of benzene rings is 2. The number of ether oxygens (including phenoxy) is 3. The molecule has 4 aromatic rings. The smallest absolute Gasteiger partial charge is 0.330 e. The second-order valence-corrected chi connectivity index (χ2v) is 10.9. The first-order valence-electron chi connectivity index (χ1n) is 14.2. The van der Waals surface area contributed by atoms with Gasteiger partial charge in [0.15, 0.2) is 24.0 Å². The zero-order chi connectivity index (χ0) is 28.9. The number of nitrogens with zero attached hydrogens (tertiary/aromatic N) is 4. The molecule has 9 nitrogen and oxygen atoms in total. The number of piperidine rings is 1. The number of oxazole rings is 1. The van der Waals surface area contributed by atoms with Gasteiger partial charge in [-0.1, -0.05) is 35.9 Å². The molecule has 1 saturated heterocycles. The fourth-order valence-corrected chi connectivity index (χ4v) is 5.71. The molecule has 0 spiro atoms. The molecule has 2 aliphatic rings. The van der Waals surface area contributed by atoms with E-state index in [1.54, 1.807) is 25.4 Å². The van der Waals surface area contributed by atoms with Gasteiger partial charge in [-0.15, -0.1) is 0 Å². The number of esters is 1. The number of likely N-dealkylation sites (tertiary alicyclic amines) is 1. The Bertz CT molecular complexity index is 1520. The Labute approximate surface area is 249 Å². The van der Waals surface area contributed by atoms with E-state index in [0.29, 0.717) is 43.0 Å². The van der Waals surface area contributed by atoms with Crippen molar-refractivity contribution < 1.29 is 23.4 Å². The van der Waals surface area contributed by atoms with E-state index in [2.05, 4.69) is 26.6 Å². The molecule has 0 aliphatic carbocycles. The van der Waals surface area contributed by atoms with Gasteiger partial charge < -0.3 is 23.2 Å². The molecular weight excluding hydrogens is 556 g/mol. The van der Waals surface area contributed by atoms with E-state index in [-0.39, 0.29) is 12.1 Å². The highest BCUT2D eigenvalue weighted by molar-refractivity contribution is 6.30. The van der Waals surface area contributed by atoms with Gasteiger partial charge in [0, 0.05) is 16.7 Å². The summed E-state index contributed by atoms with van der Waals surface area (Å²) in [6, 6.07) is 13.9. The average molecular weight is 589 g/mol. The van der Waals surface area contributed by atoms with Gasteiger partial charge in [0.2, 0.25) is 0 Å². The molecule has 0 bridgehead atoms. The third-order valence-corrected chi connectivity index (χ3v) is 7.99. The van der Waals surface area contributed by atoms with E-state index in [1.807, 2.05) is 30.3 Å². The molecule has 0 unspecified atom stereocenters. The predicted octanol–water partition coefficient (Wildman–Crippen LogP) is 6.04. The number of para-hydroxylation sites is 1. The van der Waals surface area contributed by atoms with Crippen LogP contribution in [0.1, 0.15) is 60.2 Å². The lowest BCUT2D eigenvalue weighted by Crippen LogP contribution is -2.34. The molecule has 2 aromatic heterocycles. The van der Waals surface area contributed by atoms with Crippen LogP contribution in [0.3, 0.4) is 0 Å². The number of hydrogen-bond donors (Lipinski definition) is 0. The molecule has 6 rings (SSSR count). The minimum Gasteiger partial charge on any atom is -0.485 e. The quantitative estimate of drug-likeness (QED) is 0.173. The van der Waals surface area contributed by atoms with Crippen molar-refractivity contribution in [2.75, 3.05) is 26.3 Å². The molecule has 4 heterocycles. The van der Waals surface area contributed by atoms with Crippen LogP contribution >= 0.6 is 11.6 Å². The SMILES string of the molecule is CCOC(=O)/C=C/c1cnc(CN2CCC(c3cccc4c3OC[C@@H](c3ccc(Cl)cc3)O4)CC2)n1Cc1cnco1. The van der Waals surface area contributed by atoms with Crippen molar-refractivity contribution in [1.29, 1.82) is 0 Å². The lowest BCUT2D eigenvalue weighted by molar-refractivity contribution is -0.137. The van der Waals surface area contributed by atoms with Crippen molar-refractivity contribution in [3.63, 3.8) is 0 Å². The number of carbonyl (C=O) groups is 1. The summed E-state index contributed by atoms with van der Waals surface area (Å²) >= 11 is 6.06. The molecule has 218 valence electrons. The Morgan fingerprint density at radius 1 is 1.12 bits per heavy atom. The topological polar surface area (TPSA) is 91.8 Å². The fraction of sp³-hybridized carbons (Fsp3) is 0.344. The van der Waals surface area contributed by atoms with Crippen molar-refractivity contribution in [2.45, 2.75) is 44.9 Å². The lowest BCUT2D eigenvalue weighted by atomic mass is 9.88. The van der Waals surface area contributed by atoms with Gasteiger partial charge in [-0.25, -0.2) is 14.8 Å². The number of hydrogen-bond acceptors (Lipinski definition) is 8. The maximum atomic E-state index is 11.9. The normalized spacial score (nSPS) is 17.5. The first-order valence-corrected chi connectivity index (χ1v) is 14.6. The van der Waals surface area contributed by atoms with E-state index in [1.165, 1.54) is 18.0 Å². The summed E-state index contributed by atoms with van der Waals surface area (Å²) < 4.78 is 25.3. The summed E-state index contributed by atoms with van der Waals surface area (Å²) in [5.41, 5.74) is 3.05. The molecule has 0 N–H and O–H groups in total. The maximum Gasteiger partial charge on any atom is 0.330 e. The number of imidazole rings is 1. The summed E-state index contributed by atoms with van der Waals surface area (Å²) in [5.74, 6) is 3.26. The van der Waals surface area contributed by atoms with Crippen LogP contribution in [0.4, 0.5) is 0 Å². The Kier molecular flexibility index (Phi) is 8.58. The molecule has 0 saturated carbocycles. The van der Waals surface area contributed by atoms with Crippen LogP contribution in [0, 0.1) is 0 Å². The second kappa shape index (κ2) is 12.8. The Morgan fingerprint density at radius 2 is 1.95 bits per heavy atom. The number of fused-ring (bicyclic) bond motifs is 1. The van der Waals surface area contributed by atoms with Crippen LogP contribution in [0.15, 0.2) is 71.7 Å². The minimum absolute atomic E-state index is 0.162. The van der Waals surface area contributed by atoms with Crippen LogP contribution in [-0.4, -0.2) is 51.7 Å². The molecule has 0 radical (unpaired) electrons. The summed E-state index contributed by atoms with van der Waals surface area (Å²) in [6.45, 7) is 5.58. The highest BCUT2D eigenvalue weighted by Gasteiger charge is 2.30. The molecule has 1 fully saturated rings. The predicted molar refractivity (Wildman–Crippen MR) is 158 cm³/mol. The Balaban J connectivity index is 1.12. The highest BCUT2D eigenvalue weighted by atomic mass is 35.5. The Hall–Kier alpha value is -4.08. The van der Waals surface area contributed by atoms with E-state index < -0.39 is 0 Å². The monoisotopic (exact) mass is 588 g/mol. The van der Waals surface area contributed by atoms with Gasteiger partial charge in [0.25, 0.3) is 0 Å². The van der Waals surface area contributed by atoms with Crippen molar-refractivity contribution in [2.24, 2.45) is 0 Å². The van der Waals surface area contributed by atoms with Crippen molar-refractivity contribution in [3.05, 3.63) is 101 Å². The summed E-state index contributed by atoms with van der Waals surface area (Å²) in [6.07, 6.45) is 9.88. The van der Waals surface area contributed by atoms with Crippen LogP contribution in [0.5, 0.6) is 11.5 Å². The van der Waals surface area contributed by atoms with Crippen LogP contribution in [-0.2, 0) is 22.6 Å². The van der Waals surface area contributed by atoms with Crippen molar-refractivity contribution in [3.8, 4) is 11.5 Å². The summed E-state index contributed by atoms with van der Waals surface area (Å²) in [7, 11) is 0. The fourth-order valence-electron chi connectivity index (χ4n) is 5.58. The third kappa shape index (κ3) is 6.37. The van der Waals surface area contributed by atoms with Gasteiger partial charge >= 0.3 is 5.97 Å². The molecule has 2 aromatic carbocycles. The first-order chi connectivity index (χ1) is 20.6. The molecular formula is C32H33ClN4O5. The zero-order valence-corrected chi connectivity index (χ0v) is 24.2. The third-order valence-electron chi connectivity index (χ3n) is 7.74. The number of aromatic nitrogens is 3. The van der Waals surface area contributed by atoms with Crippen molar-refractivity contribution in [1.82, 2.24) is 19.4 Å². The lowest BCUT2D eigenvalue weighted by Gasteiger charge is -2.34. The van der Waals surface area contributed by atoms with E-state index in [0.717, 1.165) is 54.5 Å². The van der Waals surface area contributed by atoms with Gasteiger partial charge in [0.05, 0.1) is 37.8 Å². The number of halogens is 1. The highest BCUT2D eigenvalue weighted by Crippen LogP contribution is 2.44. The zero-order valence-electron chi connectivity index (χ0n) is 23.4. The van der Waals surface area contributed by atoms with Crippen LogP contribution in [0.2, 0.25) is 5.02 Å². The van der Waals surface area contributed by atoms with Gasteiger partial charge in [-0.3, -0.25) is 4.90 Å². The second-order valence-electron chi connectivity index (χ2n) is 10.4. The van der Waals surface area contributed by atoms with E-state index in [4.69, 9.17) is 35.2 Å². The molecule has 1 atom stereocenters. The van der Waals surface area contributed by atoms with Gasteiger partial charge in [0.1, 0.15) is 18.2 Å². The molecule has 10 heteroatoms. The summed E-state index contributed by atoms with van der Waals surface area (Å²) in [5, 5.41) is 0.703. The van der Waals surface area contributed by atoms with Gasteiger partial charge in [-0.2, -0.15) is 0 Å². The standard InChI is InChI=1S/C32H33ClN4O5/c1-2-39-31(38)11-10-25-16-35-30(37(25)18-26-17-34-21-41-26)19-36-14-12-22(13-15-36)27-4-3-5-28-32(27)40-20-29(42-28)23-6-8-24(33)9-7-23/h3-11,16-17,21-22,29H,2,12-15,18-20H2,1H3/b11-10+/t29-/m0/s1. The average Bonchev–Trinajstić information content (AvgIpc) is 3.67. The van der Waals surface area contributed by atoms with E-state index in [9.17, 15) is 4.79 Å². The summed E-state index contributed by atoms with van der Waals surface area (Å²) in [4.78, 5) is 23.1. The molecule has 42 heavy (non-hydrogen) atoms.